The van der Waals surface area contributed by atoms with Gasteiger partial charge in [0.1, 0.15) is 6.10 Å². The van der Waals surface area contributed by atoms with Gasteiger partial charge in [0.25, 0.3) is 0 Å². The lowest BCUT2D eigenvalue weighted by molar-refractivity contribution is -0.151. The van der Waals surface area contributed by atoms with Crippen LogP contribution in [0.5, 0.6) is 0 Å². The zero-order chi connectivity index (χ0) is 44.5. The van der Waals surface area contributed by atoms with Gasteiger partial charge < -0.3 is 20.3 Å². The van der Waals surface area contributed by atoms with E-state index in [2.05, 4.69) is 92.9 Å². The number of unbranched alkanes of at least 4 members (excludes halogenated alkanes) is 25. The first-order valence-corrected chi connectivity index (χ1v) is 25.7. The molecule has 1 amide bonds. The van der Waals surface area contributed by atoms with Crippen LogP contribution in [-0.4, -0.2) is 46.9 Å². The van der Waals surface area contributed by atoms with Gasteiger partial charge in [-0.05, 0) is 77.0 Å². The van der Waals surface area contributed by atoms with Crippen molar-refractivity contribution in [2.45, 2.75) is 257 Å². The van der Waals surface area contributed by atoms with E-state index in [-0.39, 0.29) is 24.9 Å². The zero-order valence-corrected chi connectivity index (χ0v) is 40.0. The van der Waals surface area contributed by atoms with Crippen LogP contribution in [-0.2, 0) is 14.3 Å². The number of allylic oxidation sites excluding steroid dienone is 12. The summed E-state index contributed by atoms with van der Waals surface area (Å²) in [4.78, 5) is 26.1. The van der Waals surface area contributed by atoms with Crippen molar-refractivity contribution in [3.8, 4) is 0 Å². The normalized spacial score (nSPS) is 13.9. The maximum Gasteiger partial charge on any atom is 0.306 e. The summed E-state index contributed by atoms with van der Waals surface area (Å²) in [5.74, 6) is -0.528. The Morgan fingerprint density at radius 2 is 0.836 bits per heavy atom. The molecule has 0 aromatic heterocycles. The molecule has 0 heterocycles. The molecule has 0 radical (unpaired) electrons. The average molecular weight is 852 g/mol. The maximum absolute atomic E-state index is 13.2. The molecule has 3 atom stereocenters. The molecule has 0 fully saturated rings. The van der Waals surface area contributed by atoms with Crippen LogP contribution >= 0.6 is 0 Å². The van der Waals surface area contributed by atoms with Crippen molar-refractivity contribution in [1.29, 1.82) is 0 Å². The predicted molar refractivity (Wildman–Crippen MR) is 264 cm³/mol. The maximum atomic E-state index is 13.2. The highest BCUT2D eigenvalue weighted by Gasteiger charge is 2.24. The van der Waals surface area contributed by atoms with E-state index in [0.29, 0.717) is 19.3 Å². The highest BCUT2D eigenvalue weighted by atomic mass is 16.5. The second kappa shape index (κ2) is 48.3. The third-order valence-corrected chi connectivity index (χ3v) is 11.4. The monoisotopic (exact) mass is 852 g/mol. The summed E-state index contributed by atoms with van der Waals surface area (Å²) < 4.78 is 5.91. The molecule has 0 rings (SSSR count). The van der Waals surface area contributed by atoms with Gasteiger partial charge >= 0.3 is 5.97 Å². The Balaban J connectivity index is 4.72. The van der Waals surface area contributed by atoms with Crippen LogP contribution < -0.4 is 5.32 Å². The molecular formula is C55H97NO5. The van der Waals surface area contributed by atoms with Crippen molar-refractivity contribution in [2.75, 3.05) is 6.61 Å². The molecule has 0 saturated heterocycles. The van der Waals surface area contributed by atoms with Gasteiger partial charge in [-0.25, -0.2) is 0 Å². The fraction of sp³-hybridized carbons (Fsp3) is 0.745. The predicted octanol–water partition coefficient (Wildman–Crippen LogP) is 15.4. The zero-order valence-electron chi connectivity index (χ0n) is 40.0. The Morgan fingerprint density at radius 3 is 1.33 bits per heavy atom. The minimum absolute atomic E-state index is 0.0443. The Hall–Kier alpha value is -2.70. The minimum Gasteiger partial charge on any atom is -0.462 e. The number of nitrogens with one attached hydrogen (secondary N) is 1. The van der Waals surface area contributed by atoms with Crippen molar-refractivity contribution < 1.29 is 24.5 Å². The van der Waals surface area contributed by atoms with Crippen LogP contribution in [0.4, 0.5) is 0 Å². The molecule has 61 heavy (non-hydrogen) atoms. The van der Waals surface area contributed by atoms with E-state index >= 15 is 0 Å². The lowest BCUT2D eigenvalue weighted by Crippen LogP contribution is -2.46. The number of carbonyl (C=O) groups is 2. The topological polar surface area (TPSA) is 95.9 Å². The summed E-state index contributed by atoms with van der Waals surface area (Å²) in [6, 6.07) is -0.719. The summed E-state index contributed by atoms with van der Waals surface area (Å²) in [5.41, 5.74) is 0. The van der Waals surface area contributed by atoms with Crippen LogP contribution in [0, 0.1) is 0 Å². The number of hydrogen-bond donors (Lipinski definition) is 3. The molecule has 0 saturated carbocycles. The third kappa shape index (κ3) is 43.7. The fourth-order valence-corrected chi connectivity index (χ4v) is 7.43. The number of rotatable bonds is 45. The van der Waals surface area contributed by atoms with Gasteiger partial charge in [0.05, 0.1) is 25.2 Å². The first-order valence-electron chi connectivity index (χ1n) is 25.7. The van der Waals surface area contributed by atoms with Crippen LogP contribution in [0.2, 0.25) is 0 Å². The van der Waals surface area contributed by atoms with Crippen LogP contribution in [0.15, 0.2) is 72.9 Å². The van der Waals surface area contributed by atoms with Crippen molar-refractivity contribution in [1.82, 2.24) is 5.32 Å². The Kier molecular flexibility index (Phi) is 46.2. The van der Waals surface area contributed by atoms with E-state index in [4.69, 9.17) is 4.74 Å². The summed E-state index contributed by atoms with van der Waals surface area (Å²) >= 11 is 0. The number of ether oxygens (including phenoxy) is 1. The van der Waals surface area contributed by atoms with E-state index in [9.17, 15) is 19.8 Å². The number of esters is 1. The molecule has 3 unspecified atom stereocenters. The van der Waals surface area contributed by atoms with E-state index < -0.39 is 18.2 Å². The molecule has 6 nitrogen and oxygen atoms in total. The first kappa shape index (κ1) is 58.3. The molecule has 6 heteroatoms. The van der Waals surface area contributed by atoms with Gasteiger partial charge in [-0.15, -0.1) is 0 Å². The largest absolute Gasteiger partial charge is 0.462 e. The van der Waals surface area contributed by atoms with Crippen molar-refractivity contribution in [3.63, 3.8) is 0 Å². The summed E-state index contributed by atoms with van der Waals surface area (Å²) in [6.45, 7) is 6.39. The lowest BCUT2D eigenvalue weighted by atomic mass is 10.0. The van der Waals surface area contributed by atoms with Gasteiger partial charge in [0.2, 0.25) is 5.91 Å². The van der Waals surface area contributed by atoms with Crippen molar-refractivity contribution in [2.24, 2.45) is 0 Å². The average Bonchev–Trinajstić information content (AvgIpc) is 3.25. The van der Waals surface area contributed by atoms with Gasteiger partial charge in [-0.1, -0.05) is 222 Å². The second-order valence-electron chi connectivity index (χ2n) is 17.3. The molecule has 0 aromatic rings. The number of aliphatic hydroxyl groups is 2. The van der Waals surface area contributed by atoms with Gasteiger partial charge in [0.15, 0.2) is 0 Å². The molecule has 3 N–H and O–H groups in total. The third-order valence-electron chi connectivity index (χ3n) is 11.4. The fourth-order valence-electron chi connectivity index (χ4n) is 7.43. The first-order chi connectivity index (χ1) is 30.0. The SMILES string of the molecule is CCCCC/C=C/C=C/C=C/C=C/CCCCCC(CC(=O)NC(CO)C(O)CCCCCCCCCCCCC)OC(=O)CCCCCCCC/C=C/C=C/CCCCC. The van der Waals surface area contributed by atoms with Crippen molar-refractivity contribution in [3.05, 3.63) is 72.9 Å². The lowest BCUT2D eigenvalue weighted by Gasteiger charge is -2.24. The molecule has 0 aromatic carbocycles. The standard InChI is InChI=1S/C55H97NO5/c1-4-7-10-13-16-19-22-24-26-28-29-32-34-37-40-43-46-51(61-55(60)48-45-42-39-36-33-30-27-25-23-20-17-14-11-8-5-2)49-54(59)56-52(50-57)53(58)47-44-41-38-35-31-21-18-15-12-9-6-3/h16-17,19-20,22-26,28-29,32,51-53,57-58H,4-15,18,21,27,30-31,33-50H2,1-3H3,(H,56,59)/b19-16+,20-17+,24-22+,25-23+,28-26+,32-29+. The highest BCUT2D eigenvalue weighted by molar-refractivity contribution is 5.77. The second-order valence-corrected chi connectivity index (χ2v) is 17.3. The molecule has 0 aliphatic carbocycles. The Morgan fingerprint density at radius 1 is 0.475 bits per heavy atom. The van der Waals surface area contributed by atoms with E-state index in [1.165, 1.54) is 116 Å². The van der Waals surface area contributed by atoms with Gasteiger partial charge in [-0.3, -0.25) is 9.59 Å². The highest BCUT2D eigenvalue weighted by Crippen LogP contribution is 2.17. The number of carbonyl (C=O) groups excluding carboxylic acids is 2. The van der Waals surface area contributed by atoms with Crippen LogP contribution in [0.25, 0.3) is 0 Å². The molecule has 0 aliphatic rings. The molecule has 0 aliphatic heterocycles. The van der Waals surface area contributed by atoms with Gasteiger partial charge in [0, 0.05) is 6.42 Å². The summed E-state index contributed by atoms with van der Waals surface area (Å²) in [6.07, 6.45) is 60.9. The smallest absolute Gasteiger partial charge is 0.306 e. The van der Waals surface area contributed by atoms with Crippen molar-refractivity contribution >= 4 is 11.9 Å². The summed E-state index contributed by atoms with van der Waals surface area (Å²) in [7, 11) is 0. The number of hydrogen-bond acceptors (Lipinski definition) is 5. The van der Waals surface area contributed by atoms with E-state index in [1.807, 2.05) is 6.08 Å². The molecular weight excluding hydrogens is 755 g/mol. The molecule has 352 valence electrons. The van der Waals surface area contributed by atoms with E-state index in [1.54, 1.807) is 0 Å². The summed E-state index contributed by atoms with van der Waals surface area (Å²) in [5, 5.41) is 23.7. The number of amides is 1. The molecule has 0 bridgehead atoms. The molecule has 0 spiro atoms. The van der Waals surface area contributed by atoms with Crippen LogP contribution in [0.1, 0.15) is 239 Å². The minimum atomic E-state index is -0.802. The Labute approximate surface area is 377 Å². The van der Waals surface area contributed by atoms with E-state index in [0.717, 1.165) is 77.0 Å². The van der Waals surface area contributed by atoms with Gasteiger partial charge in [-0.2, -0.15) is 0 Å². The quantitative estimate of drug-likeness (QED) is 0.0322. The number of aliphatic hydroxyl groups excluding tert-OH is 2. The van der Waals surface area contributed by atoms with Crippen LogP contribution in [0.3, 0.4) is 0 Å². The Bertz CT molecular complexity index is 1140.